The first kappa shape index (κ1) is 18.2. The Morgan fingerprint density at radius 1 is 0.958 bits per heavy atom. The lowest BCUT2D eigenvalue weighted by Crippen LogP contribution is -2.40. The highest BCUT2D eigenvalue weighted by Crippen LogP contribution is 2.14. The Hall–Kier alpha value is -2.18. The van der Waals surface area contributed by atoms with Crippen LogP contribution in [0.15, 0.2) is 65.6 Å². The fraction of sp³-hybridized carbons (Fsp3) is 0.278. The maximum Gasteiger partial charge on any atom is 0.243 e. The molecule has 0 unspecified atom stereocenters. The summed E-state index contributed by atoms with van der Waals surface area (Å²) in [7, 11) is -2.24. The molecule has 0 atom stereocenters. The fourth-order valence-electron chi connectivity index (χ4n) is 2.33. The quantitative estimate of drug-likeness (QED) is 0.773. The molecule has 0 spiro atoms. The standard InChI is InChI=1S/C18H22N2O3S/c1-3-20(14-16-10-6-4-7-11-16)18(21)15-19(2)24(22,23)17-12-8-5-9-13-17/h4-13H,3,14-15H2,1-2H3. The summed E-state index contributed by atoms with van der Waals surface area (Å²) in [6, 6.07) is 17.8. The van der Waals surface area contributed by atoms with Crippen molar-refractivity contribution in [2.45, 2.75) is 18.4 Å². The average molecular weight is 346 g/mol. The van der Waals surface area contributed by atoms with E-state index >= 15 is 0 Å². The summed E-state index contributed by atoms with van der Waals surface area (Å²) in [5.41, 5.74) is 1.02. The third-order valence-corrected chi connectivity index (χ3v) is 5.58. The predicted molar refractivity (Wildman–Crippen MR) is 93.8 cm³/mol. The van der Waals surface area contributed by atoms with Crippen molar-refractivity contribution in [1.29, 1.82) is 0 Å². The lowest BCUT2D eigenvalue weighted by Gasteiger charge is -2.24. The van der Waals surface area contributed by atoms with Gasteiger partial charge in [-0.2, -0.15) is 4.31 Å². The molecule has 0 radical (unpaired) electrons. The molecule has 0 aromatic heterocycles. The summed E-state index contributed by atoms with van der Waals surface area (Å²) in [6.45, 7) is 2.69. The Morgan fingerprint density at radius 2 is 1.50 bits per heavy atom. The number of rotatable bonds is 7. The van der Waals surface area contributed by atoms with E-state index in [1.807, 2.05) is 37.3 Å². The highest BCUT2D eigenvalue weighted by atomic mass is 32.2. The lowest BCUT2D eigenvalue weighted by atomic mass is 10.2. The summed E-state index contributed by atoms with van der Waals surface area (Å²) in [5.74, 6) is -0.219. The van der Waals surface area contributed by atoms with E-state index in [-0.39, 0.29) is 17.3 Å². The Labute approximate surface area is 143 Å². The SMILES string of the molecule is CCN(Cc1ccccc1)C(=O)CN(C)S(=O)(=O)c1ccccc1. The summed E-state index contributed by atoms with van der Waals surface area (Å²) in [6.07, 6.45) is 0. The van der Waals surface area contributed by atoms with E-state index < -0.39 is 10.0 Å². The monoisotopic (exact) mass is 346 g/mol. The van der Waals surface area contributed by atoms with Crippen molar-refractivity contribution in [3.8, 4) is 0 Å². The third-order valence-electron chi connectivity index (χ3n) is 3.76. The Morgan fingerprint density at radius 3 is 2.04 bits per heavy atom. The van der Waals surface area contributed by atoms with Crippen molar-refractivity contribution < 1.29 is 13.2 Å². The zero-order chi connectivity index (χ0) is 17.6. The van der Waals surface area contributed by atoms with Crippen LogP contribution in [-0.2, 0) is 21.4 Å². The van der Waals surface area contributed by atoms with Crippen LogP contribution in [-0.4, -0.2) is 43.7 Å². The second-order valence-corrected chi connectivity index (χ2v) is 7.51. The van der Waals surface area contributed by atoms with Crippen LogP contribution in [0.3, 0.4) is 0 Å². The normalized spacial score (nSPS) is 11.5. The van der Waals surface area contributed by atoms with E-state index in [2.05, 4.69) is 0 Å². The third kappa shape index (κ3) is 4.43. The number of nitrogens with zero attached hydrogens (tertiary/aromatic N) is 2. The van der Waals surface area contributed by atoms with Crippen LogP contribution in [0.4, 0.5) is 0 Å². The van der Waals surface area contributed by atoms with Crippen LogP contribution in [0.2, 0.25) is 0 Å². The van der Waals surface area contributed by atoms with Crippen LogP contribution in [0, 0.1) is 0 Å². The number of carbonyl (C=O) groups is 1. The first-order valence-corrected chi connectivity index (χ1v) is 9.22. The number of likely N-dealkylation sites (N-methyl/N-ethyl adjacent to an activating group) is 2. The molecule has 0 bridgehead atoms. The van der Waals surface area contributed by atoms with E-state index in [1.54, 1.807) is 23.1 Å². The molecule has 0 aliphatic heterocycles. The van der Waals surface area contributed by atoms with Gasteiger partial charge >= 0.3 is 0 Å². The molecular weight excluding hydrogens is 324 g/mol. The van der Waals surface area contributed by atoms with Gasteiger partial charge in [0.05, 0.1) is 11.4 Å². The molecule has 24 heavy (non-hydrogen) atoms. The van der Waals surface area contributed by atoms with Gasteiger partial charge in [-0.1, -0.05) is 48.5 Å². The highest BCUT2D eigenvalue weighted by Gasteiger charge is 2.24. The molecule has 2 aromatic rings. The minimum atomic E-state index is -3.66. The number of sulfonamides is 1. The second-order valence-electron chi connectivity index (χ2n) is 5.47. The molecular formula is C18H22N2O3S. The van der Waals surface area contributed by atoms with Gasteiger partial charge in [-0.3, -0.25) is 4.79 Å². The van der Waals surface area contributed by atoms with Crippen LogP contribution < -0.4 is 0 Å². The van der Waals surface area contributed by atoms with Gasteiger partial charge in [-0.25, -0.2) is 8.42 Å². The molecule has 6 heteroatoms. The zero-order valence-corrected chi connectivity index (χ0v) is 14.7. The topological polar surface area (TPSA) is 57.7 Å². The second kappa shape index (κ2) is 8.08. The van der Waals surface area contributed by atoms with Gasteiger partial charge in [-0.15, -0.1) is 0 Å². The van der Waals surface area contributed by atoms with Crippen LogP contribution in [0.5, 0.6) is 0 Å². The molecule has 0 aliphatic carbocycles. The van der Waals surface area contributed by atoms with Crippen molar-refractivity contribution in [2.24, 2.45) is 0 Å². The van der Waals surface area contributed by atoms with Gasteiger partial charge in [0.2, 0.25) is 15.9 Å². The summed E-state index contributed by atoms with van der Waals surface area (Å²) >= 11 is 0. The van der Waals surface area contributed by atoms with E-state index in [1.165, 1.54) is 19.2 Å². The van der Waals surface area contributed by atoms with Crippen molar-refractivity contribution >= 4 is 15.9 Å². The first-order valence-electron chi connectivity index (χ1n) is 7.78. The number of hydrogen-bond donors (Lipinski definition) is 0. The first-order chi connectivity index (χ1) is 11.4. The predicted octanol–water partition coefficient (Wildman–Crippen LogP) is 2.36. The number of benzene rings is 2. The van der Waals surface area contributed by atoms with E-state index in [0.29, 0.717) is 13.1 Å². The molecule has 0 N–H and O–H groups in total. The Kier molecular flexibility index (Phi) is 6.11. The van der Waals surface area contributed by atoms with Gasteiger partial charge in [0.1, 0.15) is 0 Å². The largest absolute Gasteiger partial charge is 0.338 e. The van der Waals surface area contributed by atoms with Gasteiger partial charge in [0, 0.05) is 20.1 Å². The van der Waals surface area contributed by atoms with Crippen LogP contribution in [0.25, 0.3) is 0 Å². The molecule has 1 amide bonds. The van der Waals surface area contributed by atoms with Gasteiger partial charge < -0.3 is 4.90 Å². The highest BCUT2D eigenvalue weighted by molar-refractivity contribution is 7.89. The number of amides is 1. The minimum Gasteiger partial charge on any atom is -0.338 e. The molecule has 128 valence electrons. The Bertz CT molecular complexity index is 761. The summed E-state index contributed by atoms with van der Waals surface area (Å²) in [4.78, 5) is 14.3. The van der Waals surface area contributed by atoms with Crippen molar-refractivity contribution in [1.82, 2.24) is 9.21 Å². The van der Waals surface area contributed by atoms with Crippen molar-refractivity contribution in [3.63, 3.8) is 0 Å². The molecule has 0 heterocycles. The van der Waals surface area contributed by atoms with Gasteiger partial charge in [-0.05, 0) is 24.6 Å². The molecule has 0 saturated heterocycles. The smallest absolute Gasteiger partial charge is 0.243 e. The van der Waals surface area contributed by atoms with Crippen molar-refractivity contribution in [2.75, 3.05) is 20.1 Å². The number of carbonyl (C=O) groups excluding carboxylic acids is 1. The molecule has 5 nitrogen and oxygen atoms in total. The minimum absolute atomic E-state index is 0.183. The lowest BCUT2D eigenvalue weighted by molar-refractivity contribution is -0.131. The summed E-state index contributed by atoms with van der Waals surface area (Å²) in [5, 5.41) is 0. The zero-order valence-electron chi connectivity index (χ0n) is 13.9. The van der Waals surface area contributed by atoms with E-state index in [4.69, 9.17) is 0 Å². The molecule has 2 rings (SSSR count). The average Bonchev–Trinajstić information content (AvgIpc) is 2.61. The van der Waals surface area contributed by atoms with Crippen LogP contribution in [0.1, 0.15) is 12.5 Å². The molecule has 0 fully saturated rings. The molecule has 0 aliphatic rings. The van der Waals surface area contributed by atoms with Gasteiger partial charge in [0.15, 0.2) is 0 Å². The van der Waals surface area contributed by atoms with Gasteiger partial charge in [0.25, 0.3) is 0 Å². The van der Waals surface area contributed by atoms with E-state index in [9.17, 15) is 13.2 Å². The molecule has 0 saturated carbocycles. The maximum atomic E-state index is 12.5. The van der Waals surface area contributed by atoms with E-state index in [0.717, 1.165) is 9.87 Å². The molecule has 2 aromatic carbocycles. The number of hydrogen-bond acceptors (Lipinski definition) is 3. The maximum absolute atomic E-state index is 12.5. The van der Waals surface area contributed by atoms with Crippen molar-refractivity contribution in [3.05, 3.63) is 66.2 Å². The fourth-order valence-corrected chi connectivity index (χ4v) is 3.47. The summed E-state index contributed by atoms with van der Waals surface area (Å²) < 4.78 is 26.1. The Balaban J connectivity index is 2.07. The van der Waals surface area contributed by atoms with Crippen LogP contribution >= 0.6 is 0 Å².